The minimum Gasteiger partial charge on any atom is -0.394 e. The smallest absolute Gasteiger partial charge is 0.0697 e. The molecule has 1 N–H and O–H groups in total. The fourth-order valence-electron chi connectivity index (χ4n) is 2.11. The van der Waals surface area contributed by atoms with Crippen LogP contribution in [0.1, 0.15) is 91.2 Å². The molecule has 0 aliphatic rings. The van der Waals surface area contributed by atoms with Crippen LogP contribution in [0.4, 0.5) is 0 Å². The predicted octanol–water partition coefficient (Wildman–Crippen LogP) is 9.59. The van der Waals surface area contributed by atoms with Gasteiger partial charge < -0.3 is 9.84 Å². The Labute approximate surface area is 209 Å². The Morgan fingerprint density at radius 2 is 1.30 bits per heavy atom. The average Bonchev–Trinajstić information content (AvgIpc) is 2.84. The molecule has 0 spiro atoms. The quantitative estimate of drug-likeness (QED) is 0.347. The van der Waals surface area contributed by atoms with Crippen LogP contribution in [0, 0.1) is 6.92 Å². The van der Waals surface area contributed by atoms with Crippen molar-refractivity contribution in [1.82, 2.24) is 0 Å². The van der Waals surface area contributed by atoms with Crippen molar-refractivity contribution in [2.45, 2.75) is 96.8 Å². The molecule has 0 unspecified atom stereocenters. The molecule has 0 radical (unpaired) electrons. The van der Waals surface area contributed by atoms with Gasteiger partial charge in [-0.2, -0.15) is 0 Å². The van der Waals surface area contributed by atoms with Gasteiger partial charge in [0.2, 0.25) is 0 Å². The van der Waals surface area contributed by atoms with Crippen LogP contribution in [0.15, 0.2) is 64.9 Å². The molecule has 33 heavy (non-hydrogen) atoms. The molecule has 0 fully saturated rings. The van der Waals surface area contributed by atoms with Crippen LogP contribution in [0.5, 0.6) is 0 Å². The van der Waals surface area contributed by atoms with Crippen LogP contribution in [-0.4, -0.2) is 24.9 Å². The van der Waals surface area contributed by atoms with Crippen molar-refractivity contribution >= 4 is 17.3 Å². The van der Waals surface area contributed by atoms with E-state index in [2.05, 4.69) is 104 Å². The number of benzene rings is 2. The van der Waals surface area contributed by atoms with Crippen LogP contribution in [-0.2, 0) is 4.74 Å². The number of aryl methyl sites for hydroxylation is 1. The molecule has 0 saturated heterocycles. The molecule has 0 aromatic heterocycles. The van der Waals surface area contributed by atoms with E-state index in [1.807, 2.05) is 11.8 Å². The predicted molar refractivity (Wildman–Crippen MR) is 150 cm³/mol. The molecule has 0 aliphatic heterocycles. The summed E-state index contributed by atoms with van der Waals surface area (Å²) in [7, 11) is 0. The molecule has 0 saturated carbocycles. The zero-order chi connectivity index (χ0) is 25.3. The van der Waals surface area contributed by atoms with Crippen molar-refractivity contribution < 1.29 is 9.84 Å². The standard InChI is InChI=1S/C16H16S.C6H14O2.2C4H10/c1-12(2)14-9-5-7-11-16(14)17-15-10-6-4-8-13(15)3;1-2-3-5-8-6-4-7;2*1-3-4-2/h4-11H,1H2,2-3H3;7H,2-6H2,1H3;2*3-4H2,1-2H3. The number of allylic oxidation sites excluding steroid dienone is 1. The third-order valence-corrected chi connectivity index (χ3v) is 5.79. The van der Waals surface area contributed by atoms with Crippen molar-refractivity contribution in [1.29, 1.82) is 0 Å². The lowest BCUT2D eigenvalue weighted by Gasteiger charge is -2.10. The number of aliphatic hydroxyl groups excluding tert-OH is 1. The van der Waals surface area contributed by atoms with E-state index in [9.17, 15) is 0 Å². The Morgan fingerprint density at radius 3 is 1.76 bits per heavy atom. The highest BCUT2D eigenvalue weighted by atomic mass is 32.2. The molecule has 0 heterocycles. The summed E-state index contributed by atoms with van der Waals surface area (Å²) in [5, 5.41) is 8.24. The van der Waals surface area contributed by atoms with Gasteiger partial charge in [0.25, 0.3) is 0 Å². The van der Waals surface area contributed by atoms with Gasteiger partial charge in [-0.15, -0.1) is 0 Å². The highest BCUT2D eigenvalue weighted by molar-refractivity contribution is 7.99. The molecule has 2 nitrogen and oxygen atoms in total. The molecular formula is C30H50O2S. The van der Waals surface area contributed by atoms with Crippen molar-refractivity contribution in [3.05, 3.63) is 66.2 Å². The van der Waals surface area contributed by atoms with Gasteiger partial charge in [-0.1, -0.05) is 121 Å². The lowest BCUT2D eigenvalue weighted by atomic mass is 10.1. The number of aliphatic hydroxyl groups is 1. The second-order valence-electron chi connectivity index (χ2n) is 7.83. The SMILES string of the molecule is C=C(C)c1ccccc1Sc1ccccc1C.CCCC.CCCC.CCCCOCCO. The van der Waals surface area contributed by atoms with Crippen LogP contribution in [0.25, 0.3) is 5.57 Å². The van der Waals surface area contributed by atoms with E-state index in [1.165, 1.54) is 46.6 Å². The second kappa shape index (κ2) is 25.1. The van der Waals surface area contributed by atoms with E-state index in [0.717, 1.165) is 25.0 Å². The minimum absolute atomic E-state index is 0.143. The maximum atomic E-state index is 8.24. The summed E-state index contributed by atoms with van der Waals surface area (Å²) in [4.78, 5) is 2.58. The summed E-state index contributed by atoms with van der Waals surface area (Å²) in [5.74, 6) is 0. The molecule has 2 aromatic carbocycles. The highest BCUT2D eigenvalue weighted by Gasteiger charge is 2.05. The van der Waals surface area contributed by atoms with E-state index >= 15 is 0 Å². The molecule has 3 heteroatoms. The fraction of sp³-hybridized carbons (Fsp3) is 0.533. The monoisotopic (exact) mass is 474 g/mol. The number of rotatable bonds is 10. The first kappa shape index (κ1) is 33.6. The zero-order valence-electron chi connectivity index (χ0n) is 22.5. The molecule has 0 bridgehead atoms. The first-order valence-corrected chi connectivity index (χ1v) is 13.4. The summed E-state index contributed by atoms with van der Waals surface area (Å²) < 4.78 is 4.97. The molecule has 0 aliphatic carbocycles. The Morgan fingerprint density at radius 1 is 0.788 bits per heavy atom. The number of unbranched alkanes of at least 4 members (excludes halogenated alkanes) is 3. The summed E-state index contributed by atoms with van der Waals surface area (Å²) in [6.07, 6.45) is 7.53. The van der Waals surface area contributed by atoms with E-state index in [4.69, 9.17) is 9.84 Å². The van der Waals surface area contributed by atoms with Crippen molar-refractivity contribution in [2.24, 2.45) is 0 Å². The van der Waals surface area contributed by atoms with Gasteiger partial charge in [0.15, 0.2) is 0 Å². The van der Waals surface area contributed by atoms with Crippen molar-refractivity contribution in [3.63, 3.8) is 0 Å². The topological polar surface area (TPSA) is 29.5 Å². The van der Waals surface area contributed by atoms with Gasteiger partial charge >= 0.3 is 0 Å². The third kappa shape index (κ3) is 19.6. The maximum Gasteiger partial charge on any atom is 0.0697 e. The normalized spacial score (nSPS) is 9.45. The molecule has 0 atom stereocenters. The van der Waals surface area contributed by atoms with Gasteiger partial charge in [-0.05, 0) is 49.1 Å². The summed E-state index contributed by atoms with van der Waals surface area (Å²) in [5.41, 5.74) is 3.66. The van der Waals surface area contributed by atoms with Crippen molar-refractivity contribution in [2.75, 3.05) is 19.8 Å². The lowest BCUT2D eigenvalue weighted by molar-refractivity contribution is 0.0904. The van der Waals surface area contributed by atoms with Gasteiger partial charge in [0.05, 0.1) is 13.2 Å². The summed E-state index contributed by atoms with van der Waals surface area (Å²) in [6.45, 7) is 20.5. The van der Waals surface area contributed by atoms with Crippen LogP contribution in [0.3, 0.4) is 0 Å². The van der Waals surface area contributed by atoms with Gasteiger partial charge in [-0.25, -0.2) is 0 Å². The van der Waals surface area contributed by atoms with E-state index in [0.29, 0.717) is 6.61 Å². The average molecular weight is 475 g/mol. The Bertz CT molecular complexity index is 683. The molecule has 188 valence electrons. The molecular weight excluding hydrogens is 424 g/mol. The summed E-state index contributed by atoms with van der Waals surface area (Å²) >= 11 is 1.81. The van der Waals surface area contributed by atoms with Gasteiger partial charge in [0.1, 0.15) is 0 Å². The minimum atomic E-state index is 0.143. The molecule has 2 aromatic rings. The van der Waals surface area contributed by atoms with Gasteiger partial charge in [0, 0.05) is 16.4 Å². The largest absolute Gasteiger partial charge is 0.394 e. The van der Waals surface area contributed by atoms with Crippen LogP contribution >= 0.6 is 11.8 Å². The maximum absolute atomic E-state index is 8.24. The van der Waals surface area contributed by atoms with Gasteiger partial charge in [-0.3, -0.25) is 0 Å². The number of hydrogen-bond acceptors (Lipinski definition) is 3. The zero-order valence-corrected chi connectivity index (χ0v) is 23.3. The molecule has 2 rings (SSSR count). The van der Waals surface area contributed by atoms with Crippen molar-refractivity contribution in [3.8, 4) is 0 Å². The number of ether oxygens (including phenoxy) is 1. The highest BCUT2D eigenvalue weighted by Crippen LogP contribution is 2.34. The van der Waals surface area contributed by atoms with Crippen LogP contribution in [0.2, 0.25) is 0 Å². The Hall–Kier alpha value is -1.55. The Balaban J connectivity index is 0. The third-order valence-electron chi connectivity index (χ3n) is 4.54. The second-order valence-corrected chi connectivity index (χ2v) is 8.92. The van der Waals surface area contributed by atoms with E-state index in [1.54, 1.807) is 0 Å². The Kier molecular flexibility index (Phi) is 25.6. The first-order chi connectivity index (χ1) is 15.9. The van der Waals surface area contributed by atoms with E-state index < -0.39 is 0 Å². The number of hydrogen-bond donors (Lipinski definition) is 1. The van der Waals surface area contributed by atoms with E-state index in [-0.39, 0.29) is 6.61 Å². The molecule has 0 amide bonds. The fourth-order valence-corrected chi connectivity index (χ4v) is 3.22. The lowest BCUT2D eigenvalue weighted by Crippen LogP contribution is -1.99. The summed E-state index contributed by atoms with van der Waals surface area (Å²) in [6, 6.07) is 16.9. The van der Waals surface area contributed by atoms with Crippen LogP contribution < -0.4 is 0 Å². The first-order valence-electron chi connectivity index (χ1n) is 12.6.